The minimum absolute atomic E-state index is 0.607. The Labute approximate surface area is 110 Å². The average Bonchev–Trinajstić information content (AvgIpc) is 2.78. The maximum Gasteiger partial charge on any atom is 0.0474 e. The molecule has 0 spiro atoms. The summed E-state index contributed by atoms with van der Waals surface area (Å²) in [6, 6.07) is 6.60. The number of anilines is 1. The van der Waals surface area contributed by atoms with Crippen LogP contribution in [0, 0.1) is 18.8 Å². The van der Waals surface area contributed by atoms with Gasteiger partial charge in [-0.3, -0.25) is 0 Å². The molecular weight excluding hydrogens is 230 g/mol. The lowest BCUT2D eigenvalue weighted by Crippen LogP contribution is -2.21. The standard InChI is InChI=1S/C15H22ClN/c1-11(2)14-6-7-17(10-14)15-5-4-13(9-16)8-12(15)3/h4-5,8,11,14H,6-7,9-10H2,1-3H3. The van der Waals surface area contributed by atoms with Gasteiger partial charge in [0.15, 0.2) is 0 Å². The van der Waals surface area contributed by atoms with Crippen molar-refractivity contribution in [3.63, 3.8) is 0 Å². The van der Waals surface area contributed by atoms with Crippen LogP contribution in [0.5, 0.6) is 0 Å². The lowest BCUT2D eigenvalue weighted by atomic mass is 9.95. The number of halogens is 1. The summed E-state index contributed by atoms with van der Waals surface area (Å²) in [6.45, 7) is 9.26. The van der Waals surface area contributed by atoms with Gasteiger partial charge >= 0.3 is 0 Å². The second-order valence-corrected chi connectivity index (χ2v) is 5.76. The van der Waals surface area contributed by atoms with Crippen LogP contribution in [0.2, 0.25) is 0 Å². The zero-order chi connectivity index (χ0) is 12.4. The number of aryl methyl sites for hydroxylation is 1. The summed E-state index contributed by atoms with van der Waals surface area (Å²) in [7, 11) is 0. The Bertz CT molecular complexity index is 387. The summed E-state index contributed by atoms with van der Waals surface area (Å²) in [5.74, 6) is 2.25. The molecule has 2 rings (SSSR count). The van der Waals surface area contributed by atoms with Crippen LogP contribution in [0.4, 0.5) is 5.69 Å². The highest BCUT2D eigenvalue weighted by Gasteiger charge is 2.25. The molecule has 1 saturated heterocycles. The fourth-order valence-electron chi connectivity index (χ4n) is 2.71. The third kappa shape index (κ3) is 2.77. The molecule has 1 fully saturated rings. The minimum atomic E-state index is 0.607. The molecule has 0 bridgehead atoms. The van der Waals surface area contributed by atoms with E-state index in [9.17, 15) is 0 Å². The molecule has 1 unspecified atom stereocenters. The van der Waals surface area contributed by atoms with Gasteiger partial charge in [-0.05, 0) is 42.4 Å². The topological polar surface area (TPSA) is 3.24 Å². The zero-order valence-corrected chi connectivity index (χ0v) is 11.8. The smallest absolute Gasteiger partial charge is 0.0474 e. The van der Waals surface area contributed by atoms with Gasteiger partial charge in [0.25, 0.3) is 0 Å². The van der Waals surface area contributed by atoms with E-state index in [2.05, 4.69) is 43.9 Å². The van der Waals surface area contributed by atoms with Gasteiger partial charge in [-0.15, -0.1) is 11.6 Å². The number of benzene rings is 1. The van der Waals surface area contributed by atoms with E-state index in [-0.39, 0.29) is 0 Å². The van der Waals surface area contributed by atoms with Crippen molar-refractivity contribution in [2.24, 2.45) is 11.8 Å². The van der Waals surface area contributed by atoms with Crippen molar-refractivity contribution < 1.29 is 0 Å². The first-order valence-electron chi connectivity index (χ1n) is 6.52. The molecule has 1 aromatic rings. The van der Waals surface area contributed by atoms with E-state index < -0.39 is 0 Å². The maximum absolute atomic E-state index is 5.86. The Morgan fingerprint density at radius 2 is 2.18 bits per heavy atom. The van der Waals surface area contributed by atoms with Crippen LogP contribution < -0.4 is 4.90 Å². The highest BCUT2D eigenvalue weighted by atomic mass is 35.5. The van der Waals surface area contributed by atoms with Crippen LogP contribution >= 0.6 is 11.6 Å². The molecule has 0 aliphatic carbocycles. The predicted molar refractivity (Wildman–Crippen MR) is 75.9 cm³/mol. The van der Waals surface area contributed by atoms with Gasteiger partial charge in [0.05, 0.1) is 0 Å². The molecule has 0 amide bonds. The van der Waals surface area contributed by atoms with Crippen molar-refractivity contribution in [3.8, 4) is 0 Å². The van der Waals surface area contributed by atoms with Crippen molar-refractivity contribution in [2.75, 3.05) is 18.0 Å². The monoisotopic (exact) mass is 251 g/mol. The van der Waals surface area contributed by atoms with Crippen molar-refractivity contribution in [3.05, 3.63) is 29.3 Å². The fraction of sp³-hybridized carbons (Fsp3) is 0.600. The maximum atomic E-state index is 5.86. The summed E-state index contributed by atoms with van der Waals surface area (Å²) in [5, 5.41) is 0. The SMILES string of the molecule is Cc1cc(CCl)ccc1N1CCC(C(C)C)C1. The summed E-state index contributed by atoms with van der Waals surface area (Å²) in [6.07, 6.45) is 1.33. The Morgan fingerprint density at radius 3 is 2.71 bits per heavy atom. The molecular formula is C15H22ClN. The fourth-order valence-corrected chi connectivity index (χ4v) is 2.87. The molecule has 0 aromatic heterocycles. The normalized spacial score (nSPS) is 20.3. The third-order valence-corrected chi connectivity index (χ3v) is 4.23. The van der Waals surface area contributed by atoms with E-state index >= 15 is 0 Å². The largest absolute Gasteiger partial charge is 0.371 e. The molecule has 94 valence electrons. The van der Waals surface area contributed by atoms with Gasteiger partial charge in [-0.2, -0.15) is 0 Å². The quantitative estimate of drug-likeness (QED) is 0.728. The number of alkyl halides is 1. The molecule has 2 heteroatoms. The van der Waals surface area contributed by atoms with Gasteiger partial charge in [0.1, 0.15) is 0 Å². The molecule has 1 aliphatic rings. The van der Waals surface area contributed by atoms with Crippen molar-refractivity contribution in [2.45, 2.75) is 33.1 Å². The van der Waals surface area contributed by atoms with E-state index in [0.717, 1.165) is 11.8 Å². The second kappa shape index (κ2) is 5.30. The minimum Gasteiger partial charge on any atom is -0.371 e. The van der Waals surface area contributed by atoms with Gasteiger partial charge < -0.3 is 4.90 Å². The predicted octanol–water partition coefficient (Wildman–Crippen LogP) is 4.22. The molecule has 1 aromatic carbocycles. The van der Waals surface area contributed by atoms with Crippen LogP contribution in [0.3, 0.4) is 0 Å². The Hall–Kier alpha value is -0.690. The average molecular weight is 252 g/mol. The Morgan fingerprint density at radius 1 is 1.41 bits per heavy atom. The lowest BCUT2D eigenvalue weighted by Gasteiger charge is -2.22. The van der Waals surface area contributed by atoms with Crippen LogP contribution in [0.25, 0.3) is 0 Å². The Kier molecular flexibility index (Phi) is 3.98. The van der Waals surface area contributed by atoms with E-state index in [4.69, 9.17) is 11.6 Å². The summed E-state index contributed by atoms with van der Waals surface area (Å²) in [5.41, 5.74) is 3.96. The van der Waals surface area contributed by atoms with Gasteiger partial charge in [0.2, 0.25) is 0 Å². The molecule has 1 heterocycles. The highest BCUT2D eigenvalue weighted by Crippen LogP contribution is 2.30. The van der Waals surface area contributed by atoms with E-state index in [1.165, 1.54) is 36.3 Å². The molecule has 0 saturated carbocycles. The number of rotatable bonds is 3. The molecule has 1 aliphatic heterocycles. The highest BCUT2D eigenvalue weighted by molar-refractivity contribution is 6.17. The zero-order valence-electron chi connectivity index (χ0n) is 11.0. The third-order valence-electron chi connectivity index (χ3n) is 3.92. The van der Waals surface area contributed by atoms with Gasteiger partial charge in [-0.25, -0.2) is 0 Å². The van der Waals surface area contributed by atoms with Crippen molar-refractivity contribution in [1.82, 2.24) is 0 Å². The van der Waals surface area contributed by atoms with Crippen molar-refractivity contribution in [1.29, 1.82) is 0 Å². The first kappa shape index (κ1) is 12.8. The number of hydrogen-bond donors (Lipinski definition) is 0. The molecule has 17 heavy (non-hydrogen) atoms. The van der Waals surface area contributed by atoms with E-state index in [0.29, 0.717) is 5.88 Å². The van der Waals surface area contributed by atoms with Gasteiger partial charge in [0, 0.05) is 24.7 Å². The Balaban J connectivity index is 2.13. The van der Waals surface area contributed by atoms with Crippen LogP contribution in [-0.2, 0) is 5.88 Å². The first-order chi connectivity index (χ1) is 8.11. The second-order valence-electron chi connectivity index (χ2n) is 5.49. The van der Waals surface area contributed by atoms with Crippen LogP contribution in [0.1, 0.15) is 31.4 Å². The lowest BCUT2D eigenvalue weighted by molar-refractivity contribution is 0.422. The molecule has 1 atom stereocenters. The number of nitrogens with zero attached hydrogens (tertiary/aromatic N) is 1. The van der Waals surface area contributed by atoms with E-state index in [1.807, 2.05) is 0 Å². The summed E-state index contributed by atoms with van der Waals surface area (Å²) >= 11 is 5.86. The van der Waals surface area contributed by atoms with Crippen molar-refractivity contribution >= 4 is 17.3 Å². The first-order valence-corrected chi connectivity index (χ1v) is 7.05. The summed E-state index contributed by atoms with van der Waals surface area (Å²) < 4.78 is 0. The number of hydrogen-bond acceptors (Lipinski definition) is 1. The molecule has 0 radical (unpaired) electrons. The van der Waals surface area contributed by atoms with Crippen LogP contribution in [0.15, 0.2) is 18.2 Å². The van der Waals surface area contributed by atoms with Crippen LogP contribution in [-0.4, -0.2) is 13.1 Å². The van der Waals surface area contributed by atoms with E-state index in [1.54, 1.807) is 0 Å². The molecule has 0 N–H and O–H groups in total. The summed E-state index contributed by atoms with van der Waals surface area (Å²) in [4.78, 5) is 2.53. The molecule has 1 nitrogen and oxygen atoms in total. The van der Waals surface area contributed by atoms with Gasteiger partial charge in [-0.1, -0.05) is 26.0 Å².